The van der Waals surface area contributed by atoms with Crippen molar-refractivity contribution in [2.45, 2.75) is 87.6 Å². The number of allylic oxidation sites excluding steroid dienone is 1. The maximum atomic E-state index is 16.7. The first-order valence-corrected chi connectivity index (χ1v) is 17.2. The third kappa shape index (κ3) is 4.13. The number of hydrogen-bond acceptors (Lipinski definition) is 7. The Morgan fingerprint density at radius 3 is 2.51 bits per heavy atom. The lowest BCUT2D eigenvalue weighted by molar-refractivity contribution is 0.387. The Kier molecular flexibility index (Phi) is 5.77. The SMILES string of the molecule is C#CC1c2c(cc(O)cc2-c2nc3c(cc2F)c(C2C4C5CCC(C[C@H]24)N5)nc(=O)n3-c2c(C3CC3)ncnc2C2CC2)C=CC1C. The van der Waals surface area contributed by atoms with Gasteiger partial charge in [-0.2, -0.15) is 4.98 Å². The molecule has 0 spiro atoms. The van der Waals surface area contributed by atoms with Gasteiger partial charge in [0, 0.05) is 40.8 Å². The normalized spacial score (nSPS) is 30.2. The summed E-state index contributed by atoms with van der Waals surface area (Å²) in [5.74, 6) is 3.41. The van der Waals surface area contributed by atoms with E-state index in [0.29, 0.717) is 51.9 Å². The highest BCUT2D eigenvalue weighted by Crippen LogP contribution is 2.63. The van der Waals surface area contributed by atoms with E-state index >= 15 is 4.39 Å². The standard InChI is InChI=1S/C38H35FN6O2/c1-3-23-17(2)4-5-20-12-22(46)14-25(29(20)23)34-27(39)15-26-35(31-24-13-21-10-11-28(42-21)30(24)31)44-38(47)45(37(26)43-34)36-32(18-6-7-18)40-16-41-33(36)19-8-9-19/h1,4-5,12,14-19,21,23-24,28,30-31,42,46H,6-11,13H2,2H3/t17?,21?,23?,24-,28?,30?,31?/m0/s1. The molecule has 7 atom stereocenters. The van der Waals surface area contributed by atoms with Crippen LogP contribution in [0.4, 0.5) is 4.39 Å². The van der Waals surface area contributed by atoms with Crippen LogP contribution < -0.4 is 11.0 Å². The van der Waals surface area contributed by atoms with E-state index < -0.39 is 11.5 Å². The first kappa shape index (κ1) is 27.7. The number of rotatable bonds is 5. The van der Waals surface area contributed by atoms with Crippen LogP contribution in [0.2, 0.25) is 0 Å². The summed E-state index contributed by atoms with van der Waals surface area (Å²) in [5.41, 5.74) is 4.94. The van der Waals surface area contributed by atoms with E-state index in [1.807, 2.05) is 19.1 Å². The minimum atomic E-state index is -0.533. The second kappa shape index (κ2) is 9.80. The smallest absolute Gasteiger partial charge is 0.354 e. The Morgan fingerprint density at radius 1 is 1.02 bits per heavy atom. The van der Waals surface area contributed by atoms with E-state index in [9.17, 15) is 9.90 Å². The molecule has 3 saturated carbocycles. The molecular formula is C38H35FN6O2. The van der Waals surface area contributed by atoms with Gasteiger partial charge >= 0.3 is 5.69 Å². The van der Waals surface area contributed by atoms with E-state index in [1.165, 1.54) is 12.5 Å². The van der Waals surface area contributed by atoms with Crippen molar-refractivity contribution in [2.75, 3.05) is 0 Å². The number of halogens is 1. The van der Waals surface area contributed by atoms with Gasteiger partial charge in [0.2, 0.25) is 0 Å². The molecule has 2 N–H and O–H groups in total. The first-order valence-electron chi connectivity index (χ1n) is 17.2. The molecule has 47 heavy (non-hydrogen) atoms. The number of piperidine rings is 1. The average Bonchev–Trinajstić information content (AvgIpc) is 3.95. The Balaban J connectivity index is 1.26. The lowest BCUT2D eigenvalue weighted by Gasteiger charge is -2.26. The minimum absolute atomic E-state index is 0.00376. The molecule has 4 aliphatic carbocycles. The van der Waals surface area contributed by atoms with Crippen LogP contribution in [-0.2, 0) is 0 Å². The Hall–Kier alpha value is -4.42. The average molecular weight is 627 g/mol. The van der Waals surface area contributed by atoms with Crippen LogP contribution in [0.5, 0.6) is 5.75 Å². The van der Waals surface area contributed by atoms with Crippen LogP contribution in [0.15, 0.2) is 35.4 Å². The number of fused-ring (bicyclic) bond motifs is 6. The van der Waals surface area contributed by atoms with Crippen molar-refractivity contribution in [3.63, 3.8) is 0 Å². The number of nitrogens with zero attached hydrogens (tertiary/aromatic N) is 5. The minimum Gasteiger partial charge on any atom is -0.508 e. The van der Waals surface area contributed by atoms with Crippen molar-refractivity contribution in [1.29, 1.82) is 0 Å². The van der Waals surface area contributed by atoms with Gasteiger partial charge in [-0.05, 0) is 92.0 Å². The van der Waals surface area contributed by atoms with Gasteiger partial charge in [0.05, 0.1) is 28.7 Å². The summed E-state index contributed by atoms with van der Waals surface area (Å²) in [6.45, 7) is 2.03. The molecule has 0 amide bonds. The molecule has 2 aliphatic heterocycles. The molecule has 5 fully saturated rings. The molecular weight excluding hydrogens is 591 g/mol. The van der Waals surface area contributed by atoms with Gasteiger partial charge in [-0.3, -0.25) is 0 Å². The second-order valence-corrected chi connectivity index (χ2v) is 14.8. The van der Waals surface area contributed by atoms with Crippen LogP contribution >= 0.6 is 0 Å². The van der Waals surface area contributed by atoms with Crippen molar-refractivity contribution in [3.05, 3.63) is 75.1 Å². The fourth-order valence-electron chi connectivity index (χ4n) is 9.24. The summed E-state index contributed by atoms with van der Waals surface area (Å²) in [5, 5.41) is 15.1. The highest BCUT2D eigenvalue weighted by Gasteiger charge is 2.61. The van der Waals surface area contributed by atoms with Crippen LogP contribution in [0.3, 0.4) is 0 Å². The number of phenolic OH excluding ortho intramolecular Hbond substituents is 1. The topological polar surface area (TPSA) is 106 Å². The number of nitrogens with one attached hydrogen (secondary N) is 1. The summed E-state index contributed by atoms with van der Waals surface area (Å²) >= 11 is 0. The summed E-state index contributed by atoms with van der Waals surface area (Å²) in [6.07, 6.45) is 18.9. The van der Waals surface area contributed by atoms with Gasteiger partial charge in [-0.1, -0.05) is 25.0 Å². The lowest BCUT2D eigenvalue weighted by atomic mass is 9.77. The summed E-state index contributed by atoms with van der Waals surface area (Å²) in [4.78, 5) is 33.8. The molecule has 8 nitrogen and oxygen atoms in total. The van der Waals surface area contributed by atoms with Crippen molar-refractivity contribution in [2.24, 2.45) is 17.8 Å². The highest BCUT2D eigenvalue weighted by molar-refractivity contribution is 5.86. The first-order chi connectivity index (χ1) is 22.9. The van der Waals surface area contributed by atoms with Gasteiger partial charge in [0.1, 0.15) is 23.6 Å². The van der Waals surface area contributed by atoms with E-state index in [2.05, 4.69) is 11.2 Å². The quantitative estimate of drug-likeness (QED) is 0.259. The van der Waals surface area contributed by atoms with E-state index in [0.717, 1.165) is 61.0 Å². The lowest BCUT2D eigenvalue weighted by Crippen LogP contribution is -2.35. The molecule has 2 bridgehead atoms. The van der Waals surface area contributed by atoms with Crippen LogP contribution in [-0.4, -0.2) is 41.7 Å². The molecule has 2 saturated heterocycles. The predicted molar refractivity (Wildman–Crippen MR) is 176 cm³/mol. The maximum absolute atomic E-state index is 16.7. The van der Waals surface area contributed by atoms with Crippen LogP contribution in [0.1, 0.15) is 104 Å². The monoisotopic (exact) mass is 626 g/mol. The van der Waals surface area contributed by atoms with Gasteiger partial charge < -0.3 is 10.4 Å². The number of phenols is 1. The molecule has 5 heterocycles. The van der Waals surface area contributed by atoms with Gasteiger partial charge in [-0.15, -0.1) is 6.42 Å². The van der Waals surface area contributed by atoms with E-state index in [-0.39, 0.29) is 41.0 Å². The molecule has 236 valence electrons. The summed E-state index contributed by atoms with van der Waals surface area (Å²) in [7, 11) is 0. The molecule has 1 aromatic carbocycles. The molecule has 4 aromatic rings. The Labute approximate surface area is 271 Å². The Morgan fingerprint density at radius 2 is 1.79 bits per heavy atom. The molecule has 10 rings (SSSR count). The largest absolute Gasteiger partial charge is 0.508 e. The van der Waals surface area contributed by atoms with E-state index in [4.69, 9.17) is 26.4 Å². The highest BCUT2D eigenvalue weighted by atomic mass is 19.1. The number of aromatic nitrogens is 5. The molecule has 3 aromatic heterocycles. The number of hydrogen-bond donors (Lipinski definition) is 2. The van der Waals surface area contributed by atoms with Crippen molar-refractivity contribution in [3.8, 4) is 35.0 Å². The van der Waals surface area contributed by atoms with Crippen molar-refractivity contribution >= 4 is 17.1 Å². The number of terminal acetylenes is 1. The third-order valence-electron chi connectivity index (χ3n) is 11.8. The van der Waals surface area contributed by atoms with Gasteiger partial charge in [0.25, 0.3) is 0 Å². The number of benzene rings is 1. The Bertz CT molecular complexity index is 2130. The number of pyridine rings is 1. The zero-order valence-corrected chi connectivity index (χ0v) is 26.2. The van der Waals surface area contributed by atoms with Crippen molar-refractivity contribution < 1.29 is 9.50 Å². The molecule has 6 aliphatic rings. The molecule has 0 radical (unpaired) electrons. The number of aromatic hydroxyl groups is 1. The van der Waals surface area contributed by atoms with Gasteiger partial charge in [-0.25, -0.2) is 28.7 Å². The summed E-state index contributed by atoms with van der Waals surface area (Å²) in [6, 6.07) is 5.63. The zero-order chi connectivity index (χ0) is 31.7. The van der Waals surface area contributed by atoms with E-state index in [1.54, 1.807) is 23.0 Å². The third-order valence-corrected chi connectivity index (χ3v) is 11.8. The predicted octanol–water partition coefficient (Wildman–Crippen LogP) is 6.07. The van der Waals surface area contributed by atoms with Crippen molar-refractivity contribution in [1.82, 2.24) is 29.8 Å². The van der Waals surface area contributed by atoms with Crippen LogP contribution in [0, 0.1) is 35.9 Å². The fraction of sp³-hybridized carbons (Fsp3) is 0.447. The summed E-state index contributed by atoms with van der Waals surface area (Å²) < 4.78 is 18.3. The van der Waals surface area contributed by atoms with Crippen LogP contribution in [0.25, 0.3) is 34.1 Å². The maximum Gasteiger partial charge on any atom is 0.354 e. The molecule has 6 unspecified atom stereocenters. The molecule has 9 heteroatoms. The van der Waals surface area contributed by atoms with Gasteiger partial charge in [0.15, 0.2) is 5.65 Å². The fourth-order valence-corrected chi connectivity index (χ4v) is 9.24. The second-order valence-electron chi connectivity index (χ2n) is 14.8. The zero-order valence-electron chi connectivity index (χ0n) is 26.2.